The number of piperidine rings is 1. The van der Waals surface area contributed by atoms with Crippen molar-refractivity contribution in [3.8, 4) is 22.4 Å². The zero-order valence-electron chi connectivity index (χ0n) is 20.2. The van der Waals surface area contributed by atoms with Gasteiger partial charge in [0.1, 0.15) is 5.82 Å². The monoisotopic (exact) mass is 549 g/mol. The number of nitrogen functional groups attached to an aromatic ring is 1. The number of hydrogen-bond acceptors (Lipinski definition) is 7. The van der Waals surface area contributed by atoms with E-state index in [1.165, 1.54) is 0 Å². The molecule has 1 fully saturated rings. The molecule has 1 saturated heterocycles. The molecule has 0 saturated carbocycles. The van der Waals surface area contributed by atoms with E-state index in [2.05, 4.69) is 31.0 Å². The number of amides is 1. The standard InChI is InChI=1S/C26H28BrN7O2/c1-26(2,36)12-21(35)33-10-7-16(8-11-33)23-22(27)24(28)34-25(32-23)19(15-31-34)17-5-6-20(30-14-17)18-4-3-9-29-13-18/h3-6,9,13-16,36H,7-8,10-12,28H2,1-2H3. The van der Waals surface area contributed by atoms with Crippen LogP contribution in [0.3, 0.4) is 0 Å². The molecular weight excluding hydrogens is 522 g/mol. The SMILES string of the molecule is CC(C)(O)CC(=O)N1CCC(c2nc3c(-c4ccc(-c5cccnc5)nc4)cnn3c(N)c2Br)CC1. The van der Waals surface area contributed by atoms with Crippen LogP contribution in [-0.4, -0.2) is 59.2 Å². The van der Waals surface area contributed by atoms with Crippen LogP contribution in [-0.2, 0) is 4.79 Å². The number of nitrogens with zero attached hydrogens (tertiary/aromatic N) is 6. The van der Waals surface area contributed by atoms with Gasteiger partial charge in [0, 0.05) is 54.3 Å². The van der Waals surface area contributed by atoms with E-state index >= 15 is 0 Å². The Morgan fingerprint density at radius 2 is 1.94 bits per heavy atom. The van der Waals surface area contributed by atoms with Gasteiger partial charge in [-0.2, -0.15) is 9.61 Å². The van der Waals surface area contributed by atoms with Crippen molar-refractivity contribution in [3.05, 3.63) is 59.2 Å². The highest BCUT2D eigenvalue weighted by Crippen LogP contribution is 2.37. The number of likely N-dealkylation sites (tertiary alicyclic amines) is 1. The van der Waals surface area contributed by atoms with Crippen LogP contribution in [0.5, 0.6) is 0 Å². The number of aromatic nitrogens is 5. The molecule has 0 spiro atoms. The van der Waals surface area contributed by atoms with Crippen LogP contribution < -0.4 is 5.73 Å². The van der Waals surface area contributed by atoms with E-state index in [-0.39, 0.29) is 18.2 Å². The van der Waals surface area contributed by atoms with Gasteiger partial charge in [0.25, 0.3) is 0 Å². The average molecular weight is 550 g/mol. The van der Waals surface area contributed by atoms with Crippen molar-refractivity contribution in [1.82, 2.24) is 29.5 Å². The van der Waals surface area contributed by atoms with Crippen LogP contribution >= 0.6 is 15.9 Å². The normalized spacial score (nSPS) is 14.9. The maximum Gasteiger partial charge on any atom is 0.225 e. The van der Waals surface area contributed by atoms with Crippen LogP contribution in [0.25, 0.3) is 28.0 Å². The highest BCUT2D eigenvalue weighted by molar-refractivity contribution is 9.10. The zero-order chi connectivity index (χ0) is 25.4. The maximum absolute atomic E-state index is 12.5. The van der Waals surface area contributed by atoms with Gasteiger partial charge in [-0.05, 0) is 60.8 Å². The molecule has 0 aliphatic carbocycles. The first-order chi connectivity index (χ1) is 17.2. The van der Waals surface area contributed by atoms with Crippen LogP contribution in [0.15, 0.2) is 53.5 Å². The van der Waals surface area contributed by atoms with Crippen LogP contribution in [0, 0.1) is 0 Å². The van der Waals surface area contributed by atoms with Gasteiger partial charge in [-0.15, -0.1) is 0 Å². The summed E-state index contributed by atoms with van der Waals surface area (Å²) in [5.41, 5.74) is 10.5. The molecule has 0 atom stereocenters. The first-order valence-corrected chi connectivity index (χ1v) is 12.7. The first-order valence-electron chi connectivity index (χ1n) is 11.9. The molecule has 1 aliphatic rings. The molecule has 4 aromatic rings. The van der Waals surface area contributed by atoms with Gasteiger partial charge < -0.3 is 15.7 Å². The minimum absolute atomic E-state index is 0.0248. The quantitative estimate of drug-likeness (QED) is 0.384. The van der Waals surface area contributed by atoms with E-state index in [1.807, 2.05) is 35.4 Å². The largest absolute Gasteiger partial charge is 0.390 e. The van der Waals surface area contributed by atoms with Gasteiger partial charge >= 0.3 is 0 Å². The Morgan fingerprint density at radius 1 is 1.17 bits per heavy atom. The molecule has 5 rings (SSSR count). The van der Waals surface area contributed by atoms with E-state index in [0.717, 1.165) is 45.4 Å². The number of aliphatic hydroxyl groups is 1. The molecule has 1 amide bonds. The molecule has 1 aliphatic heterocycles. The predicted molar refractivity (Wildman–Crippen MR) is 141 cm³/mol. The van der Waals surface area contributed by atoms with E-state index in [4.69, 9.17) is 10.7 Å². The number of rotatable bonds is 5. The van der Waals surface area contributed by atoms with E-state index in [0.29, 0.717) is 24.6 Å². The van der Waals surface area contributed by atoms with Crippen LogP contribution in [0.1, 0.15) is 44.7 Å². The fourth-order valence-electron chi connectivity index (χ4n) is 4.61. The minimum Gasteiger partial charge on any atom is -0.390 e. The van der Waals surface area contributed by atoms with Crippen molar-refractivity contribution in [2.45, 2.75) is 44.6 Å². The number of carbonyl (C=O) groups excluding carboxylic acids is 1. The van der Waals surface area contributed by atoms with Crippen molar-refractivity contribution in [2.24, 2.45) is 0 Å². The number of hydrogen-bond donors (Lipinski definition) is 2. The minimum atomic E-state index is -1.01. The van der Waals surface area contributed by atoms with E-state index in [1.54, 1.807) is 37.0 Å². The summed E-state index contributed by atoms with van der Waals surface area (Å²) in [4.78, 5) is 28.1. The number of pyridine rings is 2. The lowest BCUT2D eigenvalue weighted by Gasteiger charge is -2.33. The number of halogens is 1. The first kappa shape index (κ1) is 24.3. The van der Waals surface area contributed by atoms with Crippen molar-refractivity contribution in [1.29, 1.82) is 0 Å². The molecule has 0 unspecified atom stereocenters. The molecule has 0 bridgehead atoms. The number of nitrogens with two attached hydrogens (primary N) is 1. The van der Waals surface area contributed by atoms with Gasteiger partial charge in [0.2, 0.25) is 5.91 Å². The molecule has 10 heteroatoms. The lowest BCUT2D eigenvalue weighted by atomic mass is 9.92. The fraction of sp³-hybridized carbons (Fsp3) is 0.346. The van der Waals surface area contributed by atoms with Crippen molar-refractivity contribution < 1.29 is 9.90 Å². The average Bonchev–Trinajstić information content (AvgIpc) is 3.30. The highest BCUT2D eigenvalue weighted by Gasteiger charge is 2.30. The van der Waals surface area contributed by atoms with Gasteiger partial charge in [-0.1, -0.05) is 6.07 Å². The summed E-state index contributed by atoms with van der Waals surface area (Å²) in [6.07, 6.45) is 8.74. The number of carbonyl (C=O) groups is 1. The third-order valence-corrected chi connectivity index (χ3v) is 7.31. The summed E-state index contributed by atoms with van der Waals surface area (Å²) in [7, 11) is 0. The Bertz CT molecular complexity index is 1390. The molecule has 3 N–H and O–H groups in total. The highest BCUT2D eigenvalue weighted by atomic mass is 79.9. The van der Waals surface area contributed by atoms with Gasteiger partial charge in [0.15, 0.2) is 5.65 Å². The lowest BCUT2D eigenvalue weighted by Crippen LogP contribution is -2.41. The van der Waals surface area contributed by atoms with Crippen molar-refractivity contribution in [3.63, 3.8) is 0 Å². The van der Waals surface area contributed by atoms with Crippen LogP contribution in [0.2, 0.25) is 0 Å². The van der Waals surface area contributed by atoms with Crippen molar-refractivity contribution >= 4 is 33.3 Å². The molecule has 186 valence electrons. The Morgan fingerprint density at radius 3 is 2.58 bits per heavy atom. The van der Waals surface area contributed by atoms with E-state index in [9.17, 15) is 9.90 Å². The number of anilines is 1. The zero-order valence-corrected chi connectivity index (χ0v) is 21.8. The topological polar surface area (TPSA) is 123 Å². The lowest BCUT2D eigenvalue weighted by molar-refractivity contribution is -0.136. The summed E-state index contributed by atoms with van der Waals surface area (Å²) in [6, 6.07) is 7.81. The second-order valence-corrected chi connectivity index (χ2v) is 10.6. The van der Waals surface area contributed by atoms with Gasteiger partial charge in [0.05, 0.1) is 34.1 Å². The molecule has 9 nitrogen and oxygen atoms in total. The smallest absolute Gasteiger partial charge is 0.225 e. The van der Waals surface area contributed by atoms with Gasteiger partial charge in [-0.25, -0.2) is 4.98 Å². The molecular formula is C26H28BrN7O2. The third-order valence-electron chi connectivity index (χ3n) is 6.50. The molecule has 5 heterocycles. The fourth-order valence-corrected chi connectivity index (χ4v) is 5.19. The third kappa shape index (κ3) is 4.83. The Labute approximate surface area is 217 Å². The summed E-state index contributed by atoms with van der Waals surface area (Å²) in [5.74, 6) is 0.608. The molecule has 0 radical (unpaired) electrons. The van der Waals surface area contributed by atoms with Crippen LogP contribution in [0.4, 0.5) is 5.82 Å². The molecule has 0 aromatic carbocycles. The van der Waals surface area contributed by atoms with Crippen molar-refractivity contribution in [2.75, 3.05) is 18.8 Å². The molecule has 4 aromatic heterocycles. The predicted octanol–water partition coefficient (Wildman–Crippen LogP) is 4.07. The summed E-state index contributed by atoms with van der Waals surface area (Å²) < 4.78 is 2.37. The maximum atomic E-state index is 12.5. The Hall–Kier alpha value is -3.37. The summed E-state index contributed by atoms with van der Waals surface area (Å²) in [6.45, 7) is 4.54. The Kier molecular flexibility index (Phi) is 6.48. The second kappa shape index (κ2) is 9.59. The summed E-state index contributed by atoms with van der Waals surface area (Å²) in [5, 5.41) is 14.5. The molecule has 36 heavy (non-hydrogen) atoms. The second-order valence-electron chi connectivity index (χ2n) is 9.81. The van der Waals surface area contributed by atoms with Gasteiger partial charge in [-0.3, -0.25) is 14.8 Å². The van der Waals surface area contributed by atoms with E-state index < -0.39 is 5.60 Å². The Balaban J connectivity index is 1.41. The summed E-state index contributed by atoms with van der Waals surface area (Å²) >= 11 is 3.64. The number of fused-ring (bicyclic) bond motifs is 1.